The largest absolute Gasteiger partial charge is 0.394 e. The number of amides is 1. The third-order valence-electron chi connectivity index (χ3n) is 3.55. The molecule has 0 radical (unpaired) electrons. The van der Waals surface area contributed by atoms with Crippen LogP contribution in [0, 0.1) is 0 Å². The normalized spacial score (nSPS) is 20.3. The Bertz CT molecular complexity index is 752. The molecule has 1 heterocycles. The predicted octanol–water partition coefficient (Wildman–Crippen LogP) is -1.82. The standard InChI is InChI=1S/C16H19ClN4O6/c17-9-3-1-8(2-4-9)5-10-15(27)20-16(19-10)21-18-6-11(23)13(25)14(26)12(24)7-22/h1-6,11-14,22-26H,7H2,(H2,19,20,21,27)/b10-5+,18-6-. The number of aliphatic hydroxyl groups excluding tert-OH is 5. The zero-order valence-corrected chi connectivity index (χ0v) is 14.7. The van der Waals surface area contributed by atoms with Crippen molar-refractivity contribution in [1.82, 2.24) is 10.7 Å². The van der Waals surface area contributed by atoms with Crippen LogP contribution >= 0.6 is 11.6 Å². The molecule has 0 saturated carbocycles. The molecule has 0 fully saturated rings. The van der Waals surface area contributed by atoms with Gasteiger partial charge in [0.15, 0.2) is 0 Å². The minimum atomic E-state index is -1.78. The second-order valence-electron chi connectivity index (χ2n) is 5.61. The van der Waals surface area contributed by atoms with Gasteiger partial charge in [-0.3, -0.25) is 10.1 Å². The van der Waals surface area contributed by atoms with E-state index in [9.17, 15) is 25.2 Å². The topological polar surface area (TPSA) is 167 Å². The lowest BCUT2D eigenvalue weighted by Crippen LogP contribution is -2.46. The van der Waals surface area contributed by atoms with Gasteiger partial charge in [-0.15, -0.1) is 0 Å². The van der Waals surface area contributed by atoms with E-state index >= 15 is 0 Å². The molecule has 7 N–H and O–H groups in total. The highest BCUT2D eigenvalue weighted by Crippen LogP contribution is 2.14. The number of hydrogen-bond donors (Lipinski definition) is 7. The summed E-state index contributed by atoms with van der Waals surface area (Å²) in [4.78, 5) is 15.9. The number of benzene rings is 1. The summed E-state index contributed by atoms with van der Waals surface area (Å²) in [5.74, 6) is -0.473. The average Bonchev–Trinajstić information content (AvgIpc) is 3.00. The molecular formula is C16H19ClN4O6. The fraction of sp³-hybridized carbons (Fsp3) is 0.312. The first-order valence-corrected chi connectivity index (χ1v) is 8.19. The monoisotopic (exact) mass is 398 g/mol. The minimum absolute atomic E-state index is 0.00547. The molecule has 1 aliphatic rings. The van der Waals surface area contributed by atoms with Crippen LogP contribution in [0.15, 0.2) is 40.1 Å². The van der Waals surface area contributed by atoms with E-state index in [1.807, 2.05) is 0 Å². The molecule has 1 aromatic rings. The first kappa shape index (κ1) is 21.0. The Labute approximate surface area is 159 Å². The van der Waals surface area contributed by atoms with Gasteiger partial charge in [0.2, 0.25) is 5.96 Å². The summed E-state index contributed by atoms with van der Waals surface area (Å²) >= 11 is 5.80. The summed E-state index contributed by atoms with van der Waals surface area (Å²) in [5.41, 5.74) is 3.20. The fourth-order valence-electron chi connectivity index (χ4n) is 2.04. The maximum absolute atomic E-state index is 11.9. The van der Waals surface area contributed by atoms with Crippen LogP contribution in [-0.2, 0) is 4.79 Å². The lowest BCUT2D eigenvalue weighted by Gasteiger charge is -2.23. The molecule has 1 aromatic carbocycles. The van der Waals surface area contributed by atoms with Gasteiger partial charge in [0.05, 0.1) is 12.8 Å². The van der Waals surface area contributed by atoms with Crippen LogP contribution in [0.1, 0.15) is 5.56 Å². The van der Waals surface area contributed by atoms with E-state index < -0.39 is 36.9 Å². The number of hydrogen-bond acceptors (Lipinski definition) is 9. The molecule has 11 heteroatoms. The van der Waals surface area contributed by atoms with Gasteiger partial charge in [0, 0.05) is 5.02 Å². The number of hydrazone groups is 1. The van der Waals surface area contributed by atoms with Crippen molar-refractivity contribution in [2.24, 2.45) is 10.1 Å². The molecule has 0 aliphatic carbocycles. The van der Waals surface area contributed by atoms with Gasteiger partial charge >= 0.3 is 0 Å². The molecule has 10 nitrogen and oxygen atoms in total. The van der Waals surface area contributed by atoms with Crippen LogP contribution in [0.5, 0.6) is 0 Å². The quantitative estimate of drug-likeness (QED) is 0.161. The van der Waals surface area contributed by atoms with Gasteiger partial charge in [-0.2, -0.15) is 5.10 Å². The van der Waals surface area contributed by atoms with Crippen molar-refractivity contribution in [3.8, 4) is 0 Å². The summed E-state index contributed by atoms with van der Waals surface area (Å²) in [6.45, 7) is -0.786. The van der Waals surface area contributed by atoms with Gasteiger partial charge in [-0.25, -0.2) is 10.4 Å². The summed E-state index contributed by atoms with van der Waals surface area (Å²) in [5, 5.41) is 53.3. The number of rotatable bonds is 7. The van der Waals surface area contributed by atoms with Crippen molar-refractivity contribution in [2.45, 2.75) is 24.4 Å². The molecule has 1 amide bonds. The Balaban J connectivity index is 1.96. The highest BCUT2D eigenvalue weighted by molar-refractivity contribution is 6.30. The second-order valence-corrected chi connectivity index (χ2v) is 6.04. The Kier molecular flexibility index (Phi) is 7.42. The fourth-order valence-corrected chi connectivity index (χ4v) is 2.16. The SMILES string of the molecule is O=C1NC(N/N=C\C(O)C(O)C(O)C(O)CO)=N/C1=C/c1ccc(Cl)cc1. The van der Waals surface area contributed by atoms with Crippen LogP contribution in [0.4, 0.5) is 0 Å². The molecule has 146 valence electrons. The number of nitrogens with one attached hydrogen (secondary N) is 2. The number of carbonyl (C=O) groups excluding carboxylic acids is 1. The third-order valence-corrected chi connectivity index (χ3v) is 3.80. The van der Waals surface area contributed by atoms with Crippen LogP contribution < -0.4 is 10.7 Å². The lowest BCUT2D eigenvalue weighted by molar-refractivity contribution is -0.115. The molecule has 0 saturated heterocycles. The van der Waals surface area contributed by atoms with Gasteiger partial charge in [-0.05, 0) is 23.8 Å². The second kappa shape index (κ2) is 9.55. The van der Waals surface area contributed by atoms with E-state index in [2.05, 4.69) is 20.8 Å². The number of carbonyl (C=O) groups is 1. The van der Waals surface area contributed by atoms with E-state index in [1.165, 1.54) is 6.08 Å². The van der Waals surface area contributed by atoms with Crippen molar-refractivity contribution in [2.75, 3.05) is 6.61 Å². The van der Waals surface area contributed by atoms with E-state index in [-0.39, 0.29) is 11.7 Å². The number of aliphatic imine (C=N–C) groups is 1. The zero-order valence-electron chi connectivity index (χ0n) is 13.9. The summed E-state index contributed by atoms with van der Waals surface area (Å²) in [7, 11) is 0. The molecule has 0 bridgehead atoms. The molecule has 4 atom stereocenters. The van der Waals surface area contributed by atoms with Crippen molar-refractivity contribution in [1.29, 1.82) is 0 Å². The van der Waals surface area contributed by atoms with Crippen LogP contribution in [-0.4, -0.2) is 74.6 Å². The number of aliphatic hydroxyl groups is 5. The third kappa shape index (κ3) is 5.82. The maximum atomic E-state index is 11.9. The summed E-state index contributed by atoms with van der Waals surface area (Å²) < 4.78 is 0. The Morgan fingerprint density at radius 2 is 1.85 bits per heavy atom. The molecule has 0 aromatic heterocycles. The van der Waals surface area contributed by atoms with Gasteiger partial charge in [0.25, 0.3) is 5.91 Å². The van der Waals surface area contributed by atoms with Crippen molar-refractivity contribution in [3.63, 3.8) is 0 Å². The Hall–Kier alpha value is -2.34. The first-order valence-electron chi connectivity index (χ1n) is 7.81. The van der Waals surface area contributed by atoms with E-state index in [1.54, 1.807) is 24.3 Å². The molecule has 4 unspecified atom stereocenters. The molecule has 0 spiro atoms. The zero-order chi connectivity index (χ0) is 20.0. The van der Waals surface area contributed by atoms with Crippen LogP contribution in [0.3, 0.4) is 0 Å². The van der Waals surface area contributed by atoms with Crippen molar-refractivity contribution in [3.05, 3.63) is 40.5 Å². The molecular weight excluding hydrogens is 380 g/mol. The van der Waals surface area contributed by atoms with Gasteiger partial charge < -0.3 is 25.5 Å². The predicted molar refractivity (Wildman–Crippen MR) is 97.7 cm³/mol. The minimum Gasteiger partial charge on any atom is -0.394 e. The van der Waals surface area contributed by atoms with Crippen LogP contribution in [0.2, 0.25) is 5.02 Å². The molecule has 27 heavy (non-hydrogen) atoms. The van der Waals surface area contributed by atoms with Gasteiger partial charge in [-0.1, -0.05) is 23.7 Å². The Morgan fingerprint density at radius 3 is 2.48 bits per heavy atom. The molecule has 2 rings (SSSR count). The van der Waals surface area contributed by atoms with Crippen LogP contribution in [0.25, 0.3) is 6.08 Å². The van der Waals surface area contributed by atoms with E-state index in [0.717, 1.165) is 6.21 Å². The highest BCUT2D eigenvalue weighted by atomic mass is 35.5. The lowest BCUT2D eigenvalue weighted by atomic mass is 10.0. The first-order chi connectivity index (χ1) is 12.8. The molecule has 1 aliphatic heterocycles. The van der Waals surface area contributed by atoms with E-state index in [4.69, 9.17) is 16.7 Å². The summed E-state index contributed by atoms with van der Waals surface area (Å²) in [6.07, 6.45) is -4.43. The van der Waals surface area contributed by atoms with Crippen molar-refractivity contribution < 1.29 is 30.3 Å². The highest BCUT2D eigenvalue weighted by Gasteiger charge is 2.29. The summed E-state index contributed by atoms with van der Waals surface area (Å²) in [6, 6.07) is 6.77. The Morgan fingerprint density at radius 1 is 1.19 bits per heavy atom. The smallest absolute Gasteiger partial charge is 0.276 e. The van der Waals surface area contributed by atoms with Gasteiger partial charge in [0.1, 0.15) is 30.1 Å². The van der Waals surface area contributed by atoms with E-state index in [0.29, 0.717) is 10.6 Å². The van der Waals surface area contributed by atoms with Crippen molar-refractivity contribution >= 4 is 35.8 Å². The number of halogens is 1. The maximum Gasteiger partial charge on any atom is 0.276 e. The average molecular weight is 399 g/mol. The number of guanidine groups is 1. The number of nitrogens with zero attached hydrogens (tertiary/aromatic N) is 2.